The Morgan fingerprint density at radius 1 is 0.729 bits per heavy atom. The number of hydrogen-bond acceptors (Lipinski definition) is 9. The van der Waals surface area contributed by atoms with Crippen molar-refractivity contribution >= 4 is 35.5 Å². The molecule has 14 nitrogen and oxygen atoms in total. The Balaban J connectivity index is 3.40. The number of carbonyl (C=O) groups excluding carboxylic acids is 6. The largest absolute Gasteiger partial charge is 0.460 e. The second-order valence-electron chi connectivity index (χ2n) is 13.2. The van der Waals surface area contributed by atoms with Gasteiger partial charge in [-0.05, 0) is 31.6 Å². The van der Waals surface area contributed by atoms with Gasteiger partial charge in [-0.15, -0.1) is 0 Å². The van der Waals surface area contributed by atoms with E-state index in [1.807, 2.05) is 20.8 Å². The number of cyclic esters (lactones) is 1. The van der Waals surface area contributed by atoms with Crippen LogP contribution >= 0.6 is 0 Å². The summed E-state index contributed by atoms with van der Waals surface area (Å²) in [4.78, 5) is 80.8. The van der Waals surface area contributed by atoms with Crippen molar-refractivity contribution < 1.29 is 43.7 Å². The topological polar surface area (TPSA) is 203 Å². The van der Waals surface area contributed by atoms with Crippen molar-refractivity contribution in [2.45, 2.75) is 142 Å². The molecule has 6 N–H and O–H groups in total. The average molecular weight is 684 g/mol. The zero-order chi connectivity index (χ0) is 36.2. The standard InChI is InChI=1S/C34H61N5O9/c1-7-9-10-11-12-13-14-15-17-28-23(5)34(47)39(6)27(18-22(3)4)33(46)36-24(16-8-2)31(44)38-26(21-41)32(45)37-25(20-40)30(43)35-19-29(42)48-28/h22-28,40-41H,7-21H2,1-6H3,(H,35,43)(H,36,46)(H,37,45)(H,38,44)/t23-,24+,25+,26+,27+,28-/m1/s1. The maximum Gasteiger partial charge on any atom is 0.325 e. The Hall–Kier alpha value is -3.26. The summed E-state index contributed by atoms with van der Waals surface area (Å²) in [7, 11) is 1.51. The highest BCUT2D eigenvalue weighted by molar-refractivity contribution is 5.96. The minimum atomic E-state index is -1.50. The van der Waals surface area contributed by atoms with Crippen molar-refractivity contribution in [1.29, 1.82) is 0 Å². The maximum atomic E-state index is 13.9. The first-order valence-corrected chi connectivity index (χ1v) is 17.7. The number of amides is 5. The Morgan fingerprint density at radius 3 is 1.79 bits per heavy atom. The van der Waals surface area contributed by atoms with E-state index in [-0.39, 0.29) is 12.3 Å². The van der Waals surface area contributed by atoms with Crippen molar-refractivity contribution in [1.82, 2.24) is 26.2 Å². The molecule has 0 radical (unpaired) electrons. The number of esters is 1. The zero-order valence-corrected chi connectivity index (χ0v) is 29.8. The first kappa shape index (κ1) is 42.8. The van der Waals surface area contributed by atoms with E-state index in [9.17, 15) is 39.0 Å². The average Bonchev–Trinajstić information content (AvgIpc) is 3.05. The summed E-state index contributed by atoms with van der Waals surface area (Å²) in [5.41, 5.74) is 0. The summed E-state index contributed by atoms with van der Waals surface area (Å²) in [6.07, 6.45) is 8.97. The normalized spacial score (nSPS) is 25.7. The van der Waals surface area contributed by atoms with Crippen LogP contribution < -0.4 is 21.3 Å². The van der Waals surface area contributed by atoms with Gasteiger partial charge in [0, 0.05) is 7.05 Å². The third kappa shape index (κ3) is 14.9. The van der Waals surface area contributed by atoms with Crippen LogP contribution in [0.5, 0.6) is 0 Å². The van der Waals surface area contributed by atoms with Crippen LogP contribution in [0.3, 0.4) is 0 Å². The smallest absolute Gasteiger partial charge is 0.325 e. The molecule has 14 heteroatoms. The Bertz CT molecular complexity index is 1040. The minimum Gasteiger partial charge on any atom is -0.460 e. The van der Waals surface area contributed by atoms with Crippen LogP contribution in [0, 0.1) is 11.8 Å². The number of unbranched alkanes of at least 4 members (excludes halogenated alkanes) is 7. The molecule has 0 unspecified atom stereocenters. The molecular formula is C34H61N5O9. The molecule has 48 heavy (non-hydrogen) atoms. The number of nitrogens with one attached hydrogen (secondary N) is 4. The van der Waals surface area contributed by atoms with Gasteiger partial charge in [0.25, 0.3) is 0 Å². The van der Waals surface area contributed by atoms with E-state index in [1.54, 1.807) is 6.92 Å². The van der Waals surface area contributed by atoms with Gasteiger partial charge in [-0.2, -0.15) is 0 Å². The van der Waals surface area contributed by atoms with Crippen LogP contribution in [0.2, 0.25) is 0 Å². The van der Waals surface area contributed by atoms with Crippen molar-refractivity contribution in [2.24, 2.45) is 11.8 Å². The quantitative estimate of drug-likeness (QED) is 0.109. The number of aliphatic hydroxyl groups excluding tert-OH is 2. The van der Waals surface area contributed by atoms with Crippen molar-refractivity contribution in [3.8, 4) is 0 Å². The second kappa shape index (κ2) is 23.2. The first-order valence-electron chi connectivity index (χ1n) is 17.7. The summed E-state index contributed by atoms with van der Waals surface area (Å²) in [6, 6.07) is -5.04. The number of nitrogens with zero attached hydrogens (tertiary/aromatic N) is 1. The molecule has 0 bridgehead atoms. The molecule has 5 amide bonds. The van der Waals surface area contributed by atoms with E-state index in [0.717, 1.165) is 25.7 Å². The van der Waals surface area contributed by atoms with Gasteiger partial charge >= 0.3 is 5.97 Å². The lowest BCUT2D eigenvalue weighted by atomic mass is 9.94. The molecule has 1 heterocycles. The highest BCUT2D eigenvalue weighted by Crippen LogP contribution is 2.22. The van der Waals surface area contributed by atoms with Crippen LogP contribution in [0.25, 0.3) is 0 Å². The van der Waals surface area contributed by atoms with Gasteiger partial charge in [0.15, 0.2) is 0 Å². The van der Waals surface area contributed by atoms with Gasteiger partial charge in [-0.1, -0.05) is 86.0 Å². The third-order valence-electron chi connectivity index (χ3n) is 8.63. The molecule has 1 rings (SSSR count). The molecular weight excluding hydrogens is 622 g/mol. The van der Waals surface area contributed by atoms with E-state index in [2.05, 4.69) is 28.2 Å². The van der Waals surface area contributed by atoms with Crippen molar-refractivity contribution in [3.63, 3.8) is 0 Å². The molecule has 1 fully saturated rings. The monoisotopic (exact) mass is 683 g/mol. The number of likely N-dealkylation sites (N-methyl/N-ethyl adjacent to an activating group) is 1. The highest BCUT2D eigenvalue weighted by Gasteiger charge is 2.37. The van der Waals surface area contributed by atoms with E-state index in [0.29, 0.717) is 25.7 Å². The predicted octanol–water partition coefficient (Wildman–Crippen LogP) is 1.31. The van der Waals surface area contributed by atoms with Gasteiger partial charge < -0.3 is 41.1 Å². The van der Waals surface area contributed by atoms with Crippen molar-refractivity contribution in [2.75, 3.05) is 26.8 Å². The number of rotatable bonds is 15. The van der Waals surface area contributed by atoms with Crippen LogP contribution in [-0.2, 0) is 33.5 Å². The zero-order valence-electron chi connectivity index (χ0n) is 29.8. The Labute approximate surface area is 285 Å². The summed E-state index contributed by atoms with van der Waals surface area (Å²) >= 11 is 0. The fourth-order valence-corrected chi connectivity index (χ4v) is 5.66. The number of hydrogen-bond donors (Lipinski definition) is 6. The maximum absolute atomic E-state index is 13.9. The molecule has 0 aromatic rings. The van der Waals surface area contributed by atoms with Gasteiger partial charge in [0.05, 0.1) is 19.1 Å². The molecule has 1 aliphatic rings. The summed E-state index contributed by atoms with van der Waals surface area (Å²) in [5.74, 6) is -5.19. The molecule has 0 spiro atoms. The Morgan fingerprint density at radius 2 is 1.25 bits per heavy atom. The van der Waals surface area contributed by atoms with E-state index >= 15 is 0 Å². The molecule has 1 aliphatic heterocycles. The van der Waals surface area contributed by atoms with Gasteiger partial charge in [0.1, 0.15) is 36.8 Å². The fourth-order valence-electron chi connectivity index (χ4n) is 5.66. The fraction of sp³-hybridized carbons (Fsp3) is 0.824. The lowest BCUT2D eigenvalue weighted by Gasteiger charge is -2.34. The second-order valence-corrected chi connectivity index (χ2v) is 13.2. The Kier molecular flexibility index (Phi) is 20.6. The van der Waals surface area contributed by atoms with E-state index < -0.39 is 91.5 Å². The van der Waals surface area contributed by atoms with Gasteiger partial charge in [0.2, 0.25) is 29.5 Å². The third-order valence-corrected chi connectivity index (χ3v) is 8.63. The molecule has 0 aromatic heterocycles. The number of carbonyl (C=O) groups is 6. The first-order chi connectivity index (χ1) is 22.8. The van der Waals surface area contributed by atoms with Gasteiger partial charge in [-0.25, -0.2) is 0 Å². The molecule has 0 aromatic carbocycles. The summed E-state index contributed by atoms with van der Waals surface area (Å²) < 4.78 is 5.75. The number of ether oxygens (including phenoxy) is 1. The van der Waals surface area contributed by atoms with Crippen LogP contribution in [0.4, 0.5) is 0 Å². The SMILES string of the molecule is CCCCCCCCCC[C@H]1OC(=O)CNC(=O)[C@H](CO)NC(=O)[C@H](CO)NC(=O)[C@H](CCC)NC(=O)[C@H](CC(C)C)N(C)C(=O)[C@@H]1C. The van der Waals surface area contributed by atoms with Crippen molar-refractivity contribution in [3.05, 3.63) is 0 Å². The molecule has 0 saturated carbocycles. The number of aliphatic hydroxyl groups is 2. The minimum absolute atomic E-state index is 0.00265. The van der Waals surface area contributed by atoms with Gasteiger partial charge in [-0.3, -0.25) is 28.8 Å². The summed E-state index contributed by atoms with van der Waals surface area (Å²) in [6.45, 7) is 7.19. The highest BCUT2D eigenvalue weighted by atomic mass is 16.5. The van der Waals surface area contributed by atoms with Crippen LogP contribution in [-0.4, -0.2) is 108 Å². The molecule has 276 valence electrons. The lowest BCUT2D eigenvalue weighted by molar-refractivity contribution is -0.157. The molecule has 0 aliphatic carbocycles. The predicted molar refractivity (Wildman–Crippen MR) is 180 cm³/mol. The van der Waals surface area contributed by atoms with E-state index in [1.165, 1.54) is 31.2 Å². The lowest BCUT2D eigenvalue weighted by Crippen LogP contribution is -2.59. The summed E-state index contributed by atoms with van der Waals surface area (Å²) in [5, 5.41) is 29.4. The molecule has 1 saturated heterocycles. The van der Waals surface area contributed by atoms with E-state index in [4.69, 9.17) is 4.74 Å². The van der Waals surface area contributed by atoms with Crippen LogP contribution in [0.1, 0.15) is 112 Å². The molecule has 6 atom stereocenters. The van der Waals surface area contributed by atoms with Crippen LogP contribution in [0.15, 0.2) is 0 Å².